The van der Waals surface area contributed by atoms with Gasteiger partial charge in [0.05, 0.1) is 0 Å². The lowest BCUT2D eigenvalue weighted by atomic mass is 9.88. The van der Waals surface area contributed by atoms with Crippen molar-refractivity contribution >= 4 is 26.8 Å². The second kappa shape index (κ2) is 6.46. The minimum Gasteiger partial charge on any atom is -0.361 e. The van der Waals surface area contributed by atoms with E-state index < -0.39 is 0 Å². The molecule has 1 atom stereocenters. The first-order chi connectivity index (χ1) is 10.3. The van der Waals surface area contributed by atoms with E-state index in [9.17, 15) is 0 Å². The Morgan fingerprint density at radius 3 is 2.67 bits per heavy atom. The lowest BCUT2D eigenvalue weighted by Gasteiger charge is -2.17. The maximum absolute atomic E-state index is 3.70. The standard InChI is InChI=1S/C18H19BrN2/c1-20-11-10-14(13-6-3-2-4-7-13)15-12-21-17-9-5-8-16(19)18(15)17/h2-9,12,14,20-21H,10-11H2,1H3. The molecule has 0 fully saturated rings. The highest BCUT2D eigenvalue weighted by Crippen LogP contribution is 2.36. The highest BCUT2D eigenvalue weighted by atomic mass is 79.9. The number of aromatic nitrogens is 1. The van der Waals surface area contributed by atoms with E-state index in [1.807, 2.05) is 7.05 Å². The molecule has 3 heteroatoms. The number of hydrogen-bond acceptors (Lipinski definition) is 1. The van der Waals surface area contributed by atoms with Gasteiger partial charge in [-0.1, -0.05) is 52.3 Å². The predicted octanol–water partition coefficient (Wildman–Crippen LogP) is 4.67. The summed E-state index contributed by atoms with van der Waals surface area (Å²) >= 11 is 3.70. The van der Waals surface area contributed by atoms with Crippen molar-refractivity contribution in [2.75, 3.05) is 13.6 Å². The molecule has 2 aromatic carbocycles. The van der Waals surface area contributed by atoms with Gasteiger partial charge in [-0.05, 0) is 43.3 Å². The fraction of sp³-hybridized carbons (Fsp3) is 0.222. The van der Waals surface area contributed by atoms with Gasteiger partial charge in [0.1, 0.15) is 0 Å². The van der Waals surface area contributed by atoms with Gasteiger partial charge < -0.3 is 10.3 Å². The second-order valence-electron chi connectivity index (χ2n) is 5.26. The lowest BCUT2D eigenvalue weighted by molar-refractivity contribution is 0.664. The van der Waals surface area contributed by atoms with Gasteiger partial charge in [0.25, 0.3) is 0 Å². The van der Waals surface area contributed by atoms with Crippen molar-refractivity contribution in [1.82, 2.24) is 10.3 Å². The van der Waals surface area contributed by atoms with E-state index in [-0.39, 0.29) is 0 Å². The van der Waals surface area contributed by atoms with Crippen molar-refractivity contribution < 1.29 is 0 Å². The zero-order chi connectivity index (χ0) is 14.7. The highest BCUT2D eigenvalue weighted by Gasteiger charge is 2.18. The Balaban J connectivity index is 2.10. The van der Waals surface area contributed by atoms with Gasteiger partial charge in [0, 0.05) is 27.5 Å². The molecule has 0 radical (unpaired) electrons. The zero-order valence-electron chi connectivity index (χ0n) is 12.1. The first-order valence-corrected chi connectivity index (χ1v) is 8.05. The number of fused-ring (bicyclic) bond motifs is 1. The largest absolute Gasteiger partial charge is 0.361 e. The van der Waals surface area contributed by atoms with Crippen LogP contribution in [0, 0.1) is 0 Å². The molecule has 2 nitrogen and oxygen atoms in total. The summed E-state index contributed by atoms with van der Waals surface area (Å²) in [5.41, 5.74) is 3.91. The van der Waals surface area contributed by atoms with Gasteiger partial charge in [-0.2, -0.15) is 0 Å². The van der Waals surface area contributed by atoms with Crippen LogP contribution in [-0.4, -0.2) is 18.6 Å². The molecule has 0 amide bonds. The molecule has 21 heavy (non-hydrogen) atoms. The van der Waals surface area contributed by atoms with Gasteiger partial charge in [0.2, 0.25) is 0 Å². The number of rotatable bonds is 5. The van der Waals surface area contributed by atoms with Gasteiger partial charge in [-0.25, -0.2) is 0 Å². The summed E-state index contributed by atoms with van der Waals surface area (Å²) in [6, 6.07) is 17.0. The highest BCUT2D eigenvalue weighted by molar-refractivity contribution is 9.10. The Kier molecular flexibility index (Phi) is 4.42. The Labute approximate surface area is 133 Å². The Bertz CT molecular complexity index is 718. The molecule has 108 valence electrons. The van der Waals surface area contributed by atoms with Crippen LogP contribution in [0.15, 0.2) is 59.2 Å². The first kappa shape index (κ1) is 14.4. The lowest BCUT2D eigenvalue weighted by Crippen LogP contribution is -2.13. The molecule has 0 spiro atoms. The molecular weight excluding hydrogens is 324 g/mol. The maximum atomic E-state index is 3.70. The number of benzene rings is 2. The van der Waals surface area contributed by atoms with Crippen LogP contribution in [0.5, 0.6) is 0 Å². The van der Waals surface area contributed by atoms with Crippen LogP contribution in [0.3, 0.4) is 0 Å². The molecule has 1 heterocycles. The molecule has 1 aromatic heterocycles. The van der Waals surface area contributed by atoms with Crippen molar-refractivity contribution in [1.29, 1.82) is 0 Å². The van der Waals surface area contributed by atoms with Crippen LogP contribution in [0.4, 0.5) is 0 Å². The van der Waals surface area contributed by atoms with E-state index in [0.717, 1.165) is 17.4 Å². The maximum Gasteiger partial charge on any atom is 0.0468 e. The van der Waals surface area contributed by atoms with Crippen molar-refractivity contribution in [3.05, 3.63) is 70.3 Å². The minimum absolute atomic E-state index is 0.395. The van der Waals surface area contributed by atoms with Crippen LogP contribution in [0.2, 0.25) is 0 Å². The average Bonchev–Trinajstić information content (AvgIpc) is 2.94. The summed E-state index contributed by atoms with van der Waals surface area (Å²) < 4.78 is 1.15. The fourth-order valence-corrected chi connectivity index (χ4v) is 3.51. The molecule has 2 N–H and O–H groups in total. The summed E-state index contributed by atoms with van der Waals surface area (Å²) in [6.45, 7) is 0.997. The first-order valence-electron chi connectivity index (χ1n) is 7.26. The van der Waals surface area contributed by atoms with Crippen molar-refractivity contribution in [3.8, 4) is 0 Å². The van der Waals surface area contributed by atoms with Crippen LogP contribution >= 0.6 is 15.9 Å². The monoisotopic (exact) mass is 342 g/mol. The topological polar surface area (TPSA) is 27.8 Å². The van der Waals surface area contributed by atoms with Gasteiger partial charge >= 0.3 is 0 Å². The predicted molar refractivity (Wildman–Crippen MR) is 92.8 cm³/mol. The van der Waals surface area contributed by atoms with Crippen LogP contribution in [0.25, 0.3) is 10.9 Å². The van der Waals surface area contributed by atoms with E-state index in [4.69, 9.17) is 0 Å². The normalized spacial score (nSPS) is 12.7. The summed E-state index contributed by atoms with van der Waals surface area (Å²) in [5, 5.41) is 4.56. The zero-order valence-corrected chi connectivity index (χ0v) is 13.7. The number of aromatic amines is 1. The molecule has 0 bridgehead atoms. The van der Waals surface area contributed by atoms with Crippen molar-refractivity contribution in [3.63, 3.8) is 0 Å². The van der Waals surface area contributed by atoms with Gasteiger partial charge in [-0.3, -0.25) is 0 Å². The quantitative estimate of drug-likeness (QED) is 0.692. The van der Waals surface area contributed by atoms with Crippen LogP contribution in [-0.2, 0) is 0 Å². The Morgan fingerprint density at radius 1 is 1.10 bits per heavy atom. The fourth-order valence-electron chi connectivity index (χ4n) is 2.92. The Morgan fingerprint density at radius 2 is 1.90 bits per heavy atom. The third kappa shape index (κ3) is 2.89. The van der Waals surface area contributed by atoms with E-state index in [0.29, 0.717) is 5.92 Å². The van der Waals surface area contributed by atoms with Crippen LogP contribution < -0.4 is 5.32 Å². The van der Waals surface area contributed by atoms with Gasteiger partial charge in [0.15, 0.2) is 0 Å². The number of H-pyrrole nitrogens is 1. The SMILES string of the molecule is CNCCC(c1ccccc1)c1c[nH]c2cccc(Br)c12. The third-order valence-corrected chi connectivity index (χ3v) is 4.61. The molecule has 0 saturated carbocycles. The van der Waals surface area contributed by atoms with Crippen molar-refractivity contribution in [2.24, 2.45) is 0 Å². The van der Waals surface area contributed by atoms with Gasteiger partial charge in [-0.15, -0.1) is 0 Å². The molecule has 0 aliphatic heterocycles. The molecular formula is C18H19BrN2. The Hall–Kier alpha value is -1.58. The summed E-state index contributed by atoms with van der Waals surface area (Å²) in [6.07, 6.45) is 3.23. The smallest absolute Gasteiger partial charge is 0.0468 e. The number of halogens is 1. The summed E-state index contributed by atoms with van der Waals surface area (Å²) in [5.74, 6) is 0.395. The minimum atomic E-state index is 0.395. The number of hydrogen-bond donors (Lipinski definition) is 2. The van der Waals surface area contributed by atoms with E-state index in [2.05, 4.69) is 81.0 Å². The van der Waals surface area contributed by atoms with Crippen molar-refractivity contribution in [2.45, 2.75) is 12.3 Å². The summed E-state index contributed by atoms with van der Waals surface area (Å²) in [4.78, 5) is 3.41. The molecule has 3 aromatic rings. The van der Waals surface area contributed by atoms with E-state index in [1.165, 1.54) is 22.0 Å². The van der Waals surface area contributed by atoms with E-state index >= 15 is 0 Å². The molecule has 0 aliphatic rings. The average molecular weight is 343 g/mol. The second-order valence-corrected chi connectivity index (χ2v) is 6.12. The third-order valence-electron chi connectivity index (χ3n) is 3.95. The summed E-state index contributed by atoms with van der Waals surface area (Å²) in [7, 11) is 2.01. The molecule has 1 unspecified atom stereocenters. The number of nitrogens with one attached hydrogen (secondary N) is 2. The van der Waals surface area contributed by atoms with E-state index in [1.54, 1.807) is 0 Å². The molecule has 3 rings (SSSR count). The molecule has 0 saturated heterocycles. The van der Waals surface area contributed by atoms with Crippen LogP contribution in [0.1, 0.15) is 23.5 Å². The molecule has 0 aliphatic carbocycles.